The summed E-state index contributed by atoms with van der Waals surface area (Å²) in [5.41, 5.74) is 1.79. The summed E-state index contributed by atoms with van der Waals surface area (Å²) in [6.07, 6.45) is 10.0. The van der Waals surface area contributed by atoms with Crippen LogP contribution in [-0.2, 0) is 5.41 Å². The van der Waals surface area contributed by atoms with Gasteiger partial charge in [-0.1, -0.05) is 30.2 Å². The molecule has 1 aromatic heterocycles. The molecule has 0 amide bonds. The molecule has 1 aromatic carbocycles. The van der Waals surface area contributed by atoms with Crippen molar-refractivity contribution in [3.63, 3.8) is 0 Å². The predicted octanol–water partition coefficient (Wildman–Crippen LogP) is 4.95. The number of halogens is 1. The van der Waals surface area contributed by atoms with Gasteiger partial charge in [0, 0.05) is 35.6 Å². The molecule has 2 heterocycles. The van der Waals surface area contributed by atoms with Gasteiger partial charge in [0.15, 0.2) is 0 Å². The Kier molecular flexibility index (Phi) is 5.46. The molecule has 2 aliphatic rings. The third-order valence-electron chi connectivity index (χ3n) is 6.02. The molecule has 1 saturated carbocycles. The summed E-state index contributed by atoms with van der Waals surface area (Å²) in [5, 5.41) is 0.828. The van der Waals surface area contributed by atoms with Gasteiger partial charge in [-0.25, -0.2) is 0 Å². The van der Waals surface area contributed by atoms with E-state index in [4.69, 9.17) is 16.3 Å². The first-order valence-electron chi connectivity index (χ1n) is 9.75. The number of hydrogen-bond donors (Lipinski definition) is 0. The van der Waals surface area contributed by atoms with Crippen LogP contribution < -0.4 is 4.74 Å². The maximum Gasteiger partial charge on any atom is 0.137 e. The molecule has 138 valence electrons. The smallest absolute Gasteiger partial charge is 0.137 e. The Morgan fingerprint density at radius 1 is 1.15 bits per heavy atom. The quantitative estimate of drug-likeness (QED) is 0.719. The van der Waals surface area contributed by atoms with Gasteiger partial charge < -0.3 is 9.64 Å². The van der Waals surface area contributed by atoms with E-state index in [0.29, 0.717) is 11.3 Å². The van der Waals surface area contributed by atoms with E-state index in [9.17, 15) is 0 Å². The lowest BCUT2D eigenvalue weighted by Crippen LogP contribution is -2.49. The monoisotopic (exact) mass is 370 g/mol. The van der Waals surface area contributed by atoms with E-state index in [2.05, 4.69) is 22.0 Å². The fourth-order valence-electron chi connectivity index (χ4n) is 4.45. The summed E-state index contributed by atoms with van der Waals surface area (Å²) in [7, 11) is 0. The summed E-state index contributed by atoms with van der Waals surface area (Å²) in [4.78, 5) is 6.79. The maximum atomic E-state index is 6.09. The molecule has 4 rings (SSSR count). The van der Waals surface area contributed by atoms with Crippen molar-refractivity contribution in [2.75, 3.05) is 26.2 Å². The highest BCUT2D eigenvalue weighted by Gasteiger charge is 2.40. The lowest BCUT2D eigenvalue weighted by atomic mass is 9.64. The highest BCUT2D eigenvalue weighted by Crippen LogP contribution is 2.45. The second-order valence-electron chi connectivity index (χ2n) is 7.88. The maximum absolute atomic E-state index is 6.09. The Labute approximate surface area is 161 Å². The van der Waals surface area contributed by atoms with Gasteiger partial charge in [0.1, 0.15) is 5.75 Å². The normalized spacial score (nSPS) is 22.6. The van der Waals surface area contributed by atoms with Gasteiger partial charge in [-0.3, -0.25) is 4.98 Å². The largest absolute Gasteiger partial charge is 0.492 e. The molecule has 0 radical (unpaired) electrons. The van der Waals surface area contributed by atoms with Gasteiger partial charge in [-0.15, -0.1) is 0 Å². The molecule has 1 aliphatic carbocycles. The van der Waals surface area contributed by atoms with Crippen molar-refractivity contribution in [1.29, 1.82) is 0 Å². The van der Waals surface area contributed by atoms with Gasteiger partial charge in [0.2, 0.25) is 0 Å². The van der Waals surface area contributed by atoms with E-state index in [1.54, 1.807) is 12.4 Å². The molecule has 1 aliphatic heterocycles. The molecule has 4 heteroatoms. The summed E-state index contributed by atoms with van der Waals surface area (Å²) in [6, 6.07) is 12.4. The Bertz CT molecular complexity index is 700. The van der Waals surface area contributed by atoms with E-state index in [0.717, 1.165) is 30.5 Å². The minimum Gasteiger partial charge on any atom is -0.492 e. The van der Waals surface area contributed by atoms with Crippen molar-refractivity contribution < 1.29 is 4.74 Å². The fourth-order valence-corrected chi connectivity index (χ4v) is 4.58. The molecule has 0 N–H and O–H groups in total. The second-order valence-corrected chi connectivity index (χ2v) is 8.32. The van der Waals surface area contributed by atoms with Crippen LogP contribution in [0.5, 0.6) is 5.75 Å². The second kappa shape index (κ2) is 7.98. The van der Waals surface area contributed by atoms with Crippen LogP contribution in [0.3, 0.4) is 0 Å². The molecule has 2 fully saturated rings. The summed E-state index contributed by atoms with van der Waals surface area (Å²) < 4.78 is 5.96. The van der Waals surface area contributed by atoms with Gasteiger partial charge in [0.25, 0.3) is 0 Å². The van der Waals surface area contributed by atoms with Crippen LogP contribution >= 0.6 is 11.6 Å². The zero-order valence-corrected chi connectivity index (χ0v) is 16.0. The van der Waals surface area contributed by atoms with Crippen LogP contribution in [0, 0.1) is 5.92 Å². The number of likely N-dealkylation sites (tertiary alicyclic amines) is 1. The Hall–Kier alpha value is -1.58. The summed E-state index contributed by atoms with van der Waals surface area (Å²) in [6.45, 7) is 4.29. The molecular formula is C22H27ClN2O. The average Bonchev–Trinajstić information content (AvgIpc) is 2.65. The third kappa shape index (κ3) is 4.05. The summed E-state index contributed by atoms with van der Waals surface area (Å²) in [5.74, 6) is 1.48. The SMILES string of the molecule is Clc1ccc(C2(CN3CCCC(COc4cccnc4)C3)CCC2)cc1. The van der Waals surface area contributed by atoms with Crippen molar-refractivity contribution in [3.8, 4) is 5.75 Å². The van der Waals surface area contributed by atoms with E-state index in [1.807, 2.05) is 24.3 Å². The number of aromatic nitrogens is 1. The van der Waals surface area contributed by atoms with Crippen molar-refractivity contribution >= 4 is 11.6 Å². The molecule has 0 bridgehead atoms. The Morgan fingerprint density at radius 2 is 2.00 bits per heavy atom. The number of pyridine rings is 1. The molecule has 26 heavy (non-hydrogen) atoms. The average molecular weight is 371 g/mol. The van der Waals surface area contributed by atoms with Gasteiger partial charge in [-0.05, 0) is 62.1 Å². The van der Waals surface area contributed by atoms with Crippen molar-refractivity contribution in [2.45, 2.75) is 37.5 Å². The molecular weight excluding hydrogens is 344 g/mol. The zero-order valence-electron chi connectivity index (χ0n) is 15.2. The van der Waals surface area contributed by atoms with Crippen molar-refractivity contribution in [1.82, 2.24) is 9.88 Å². The van der Waals surface area contributed by atoms with Crippen molar-refractivity contribution in [3.05, 3.63) is 59.4 Å². The minimum atomic E-state index is 0.330. The summed E-state index contributed by atoms with van der Waals surface area (Å²) >= 11 is 6.09. The van der Waals surface area contributed by atoms with Crippen LogP contribution in [0.4, 0.5) is 0 Å². The fraction of sp³-hybridized carbons (Fsp3) is 0.500. The highest BCUT2D eigenvalue weighted by atomic mass is 35.5. The number of hydrogen-bond acceptors (Lipinski definition) is 3. The molecule has 0 spiro atoms. The Morgan fingerprint density at radius 3 is 2.69 bits per heavy atom. The molecule has 1 saturated heterocycles. The van der Waals surface area contributed by atoms with E-state index < -0.39 is 0 Å². The lowest BCUT2D eigenvalue weighted by molar-refractivity contribution is 0.0815. The van der Waals surface area contributed by atoms with Crippen LogP contribution in [0.15, 0.2) is 48.8 Å². The number of benzene rings is 1. The minimum absolute atomic E-state index is 0.330. The number of piperidine rings is 1. The van der Waals surface area contributed by atoms with Gasteiger partial charge in [0.05, 0.1) is 12.8 Å². The number of ether oxygens (including phenoxy) is 1. The van der Waals surface area contributed by atoms with Crippen LogP contribution in [0.25, 0.3) is 0 Å². The predicted molar refractivity (Wildman–Crippen MR) is 106 cm³/mol. The zero-order chi connectivity index (χ0) is 17.8. The molecule has 1 atom stereocenters. The molecule has 2 aromatic rings. The first-order chi connectivity index (χ1) is 12.7. The molecule has 1 unspecified atom stereocenters. The number of rotatable bonds is 6. The van der Waals surface area contributed by atoms with Crippen LogP contribution in [0.2, 0.25) is 5.02 Å². The van der Waals surface area contributed by atoms with E-state index in [1.165, 1.54) is 44.2 Å². The highest BCUT2D eigenvalue weighted by molar-refractivity contribution is 6.30. The first-order valence-corrected chi connectivity index (χ1v) is 10.1. The number of nitrogens with zero attached hydrogens (tertiary/aromatic N) is 2. The topological polar surface area (TPSA) is 25.4 Å². The third-order valence-corrected chi connectivity index (χ3v) is 6.27. The standard InChI is InChI=1S/C22H27ClN2O/c23-20-8-6-19(7-9-20)22(10-3-11-22)17-25-13-2-4-18(15-25)16-26-21-5-1-12-24-14-21/h1,5-9,12,14,18H,2-4,10-11,13,15-17H2. The Balaban J connectivity index is 1.36. The van der Waals surface area contributed by atoms with Crippen LogP contribution in [0.1, 0.15) is 37.7 Å². The first kappa shape index (κ1) is 17.8. The van der Waals surface area contributed by atoms with E-state index in [-0.39, 0.29) is 0 Å². The van der Waals surface area contributed by atoms with Gasteiger partial charge >= 0.3 is 0 Å². The lowest BCUT2D eigenvalue weighted by Gasteiger charge is -2.47. The van der Waals surface area contributed by atoms with Gasteiger partial charge in [-0.2, -0.15) is 0 Å². The van der Waals surface area contributed by atoms with Crippen molar-refractivity contribution in [2.24, 2.45) is 5.92 Å². The molecule has 3 nitrogen and oxygen atoms in total. The van der Waals surface area contributed by atoms with Crippen LogP contribution in [-0.4, -0.2) is 36.1 Å². The van der Waals surface area contributed by atoms with E-state index >= 15 is 0 Å².